The Bertz CT molecular complexity index is 1090. The Balaban J connectivity index is 1.95. The number of fused-ring (bicyclic) bond motifs is 1. The molecule has 9 heteroatoms. The molecule has 0 spiro atoms. The number of benzene rings is 2. The van der Waals surface area contributed by atoms with E-state index in [1.807, 2.05) is 6.07 Å². The van der Waals surface area contributed by atoms with Gasteiger partial charge < -0.3 is 15.6 Å². The second-order valence-electron chi connectivity index (χ2n) is 5.17. The first kappa shape index (κ1) is 16.9. The minimum absolute atomic E-state index is 0.220. The smallest absolute Gasteiger partial charge is 0.306 e. The van der Waals surface area contributed by atoms with Crippen LogP contribution < -0.4 is 16.3 Å². The summed E-state index contributed by atoms with van der Waals surface area (Å²) in [6.45, 7) is 0. The summed E-state index contributed by atoms with van der Waals surface area (Å²) in [4.78, 5) is 26.7. The number of aryl methyl sites for hydroxylation is 1. The zero-order chi connectivity index (χ0) is 18.1. The number of imidazole rings is 1. The molecule has 1 heterocycles. The first-order valence-electron chi connectivity index (χ1n) is 7.06. The number of aromatic nitrogens is 2. The van der Waals surface area contributed by atoms with Gasteiger partial charge in [0.25, 0.3) is 0 Å². The lowest BCUT2D eigenvalue weighted by Gasteiger charge is -2.10. The van der Waals surface area contributed by atoms with Crippen LogP contribution in [-0.4, -0.2) is 15.6 Å². The number of nitriles is 1. The van der Waals surface area contributed by atoms with Crippen molar-refractivity contribution in [3.63, 3.8) is 0 Å². The molecule has 0 aliphatic carbocycles. The number of amides is 2. The van der Waals surface area contributed by atoms with Crippen molar-refractivity contribution in [1.82, 2.24) is 9.55 Å². The van der Waals surface area contributed by atoms with Gasteiger partial charge in [0.1, 0.15) is 6.07 Å². The van der Waals surface area contributed by atoms with Crippen molar-refractivity contribution < 1.29 is 4.79 Å². The highest BCUT2D eigenvalue weighted by Gasteiger charge is 2.15. The molecule has 0 saturated heterocycles. The number of carbonyl (C=O) groups excluding carboxylic acids is 1. The zero-order valence-corrected chi connectivity index (χ0v) is 14.4. The molecule has 126 valence electrons. The molecule has 1 aromatic heterocycles. The number of halogens is 2. The molecule has 0 aliphatic rings. The number of rotatable bonds is 2. The number of nitrogens with zero attached hydrogens (tertiary/aromatic N) is 2. The van der Waals surface area contributed by atoms with E-state index in [1.165, 1.54) is 23.7 Å². The van der Waals surface area contributed by atoms with Gasteiger partial charge in [-0.05, 0) is 24.3 Å². The minimum atomic E-state index is -0.570. The number of H-pyrrole nitrogens is 1. The molecule has 0 unspecified atom stereocenters. The average molecular weight is 376 g/mol. The maximum atomic E-state index is 12.2. The third kappa shape index (κ3) is 3.05. The highest BCUT2D eigenvalue weighted by atomic mass is 35.5. The largest absolute Gasteiger partial charge is 0.326 e. The molecule has 2 amide bonds. The van der Waals surface area contributed by atoms with Gasteiger partial charge in [-0.2, -0.15) is 5.26 Å². The van der Waals surface area contributed by atoms with Crippen molar-refractivity contribution in [2.24, 2.45) is 7.05 Å². The van der Waals surface area contributed by atoms with Gasteiger partial charge in [0.05, 0.1) is 38.0 Å². The Morgan fingerprint density at radius 2 is 1.92 bits per heavy atom. The van der Waals surface area contributed by atoms with Crippen molar-refractivity contribution in [3.8, 4) is 6.07 Å². The van der Waals surface area contributed by atoms with Crippen molar-refractivity contribution in [2.75, 3.05) is 10.6 Å². The molecule has 25 heavy (non-hydrogen) atoms. The third-order valence-corrected chi connectivity index (χ3v) is 4.44. The number of anilines is 2. The van der Waals surface area contributed by atoms with Gasteiger partial charge in [0, 0.05) is 7.05 Å². The quantitative estimate of drug-likeness (QED) is 0.636. The summed E-state index contributed by atoms with van der Waals surface area (Å²) in [6, 6.07) is 9.37. The highest BCUT2D eigenvalue weighted by molar-refractivity contribution is 6.44. The van der Waals surface area contributed by atoms with Crippen LogP contribution in [0.25, 0.3) is 11.0 Å². The van der Waals surface area contributed by atoms with Crippen molar-refractivity contribution >= 4 is 51.6 Å². The second-order valence-corrected chi connectivity index (χ2v) is 5.95. The summed E-state index contributed by atoms with van der Waals surface area (Å²) in [5.74, 6) is 0. The van der Waals surface area contributed by atoms with Gasteiger partial charge in [-0.3, -0.25) is 4.57 Å². The van der Waals surface area contributed by atoms with Gasteiger partial charge >= 0.3 is 11.7 Å². The number of nitrogens with one attached hydrogen (secondary N) is 3. The highest BCUT2D eigenvalue weighted by Crippen LogP contribution is 2.30. The van der Waals surface area contributed by atoms with Crippen molar-refractivity contribution in [3.05, 3.63) is 56.4 Å². The lowest BCUT2D eigenvalue weighted by molar-refractivity contribution is 0.262. The molecule has 3 N–H and O–H groups in total. The molecule has 0 saturated carbocycles. The summed E-state index contributed by atoms with van der Waals surface area (Å²) >= 11 is 12.0. The van der Waals surface area contributed by atoms with Crippen LogP contribution in [0.1, 0.15) is 5.56 Å². The topological polar surface area (TPSA) is 103 Å². The third-order valence-electron chi connectivity index (χ3n) is 3.62. The lowest BCUT2D eigenvalue weighted by Crippen LogP contribution is -2.20. The van der Waals surface area contributed by atoms with E-state index in [9.17, 15) is 14.9 Å². The van der Waals surface area contributed by atoms with Crippen LogP contribution in [0.2, 0.25) is 10.0 Å². The molecule has 0 fully saturated rings. The predicted molar refractivity (Wildman–Crippen MR) is 97.4 cm³/mol. The van der Waals surface area contributed by atoms with Crippen molar-refractivity contribution in [1.29, 1.82) is 5.26 Å². The van der Waals surface area contributed by atoms with E-state index in [0.29, 0.717) is 33.0 Å². The van der Waals surface area contributed by atoms with E-state index in [4.69, 9.17) is 23.2 Å². The van der Waals surface area contributed by atoms with Crippen LogP contribution in [0.4, 0.5) is 16.2 Å². The monoisotopic (exact) mass is 375 g/mol. The van der Waals surface area contributed by atoms with E-state index < -0.39 is 6.03 Å². The van der Waals surface area contributed by atoms with E-state index in [1.54, 1.807) is 18.2 Å². The summed E-state index contributed by atoms with van der Waals surface area (Å²) in [5, 5.41) is 14.9. The van der Waals surface area contributed by atoms with Crippen LogP contribution in [0.5, 0.6) is 0 Å². The first-order chi connectivity index (χ1) is 11.9. The molecule has 0 aliphatic heterocycles. The standard InChI is InChI=1S/C16H11Cl2N5O2/c1-23-14-8(7-19)5-6-11(13(14)22-16(23)25)21-15(24)20-10-4-2-3-9(17)12(10)18/h2-6H,1H3,(H,22,25)(H2,20,21,24). The summed E-state index contributed by atoms with van der Waals surface area (Å²) in [7, 11) is 1.54. The fourth-order valence-corrected chi connectivity index (χ4v) is 2.78. The van der Waals surface area contributed by atoms with Gasteiger partial charge in [-0.15, -0.1) is 0 Å². The SMILES string of the molecule is Cn1c(=O)[nH]c2c(NC(=O)Nc3cccc(Cl)c3Cl)ccc(C#N)c21. The fourth-order valence-electron chi connectivity index (χ4n) is 2.43. The van der Waals surface area contributed by atoms with E-state index >= 15 is 0 Å². The molecular weight excluding hydrogens is 365 g/mol. The van der Waals surface area contributed by atoms with Gasteiger partial charge in [0.15, 0.2) is 0 Å². The maximum absolute atomic E-state index is 12.2. The van der Waals surface area contributed by atoms with Gasteiger partial charge in [-0.1, -0.05) is 29.3 Å². The Morgan fingerprint density at radius 3 is 2.64 bits per heavy atom. The van der Waals surface area contributed by atoms with Crippen LogP contribution in [0, 0.1) is 11.3 Å². The Morgan fingerprint density at radius 1 is 1.20 bits per heavy atom. The molecular formula is C16H11Cl2N5O2. The number of hydrogen-bond donors (Lipinski definition) is 3. The average Bonchev–Trinajstić information content (AvgIpc) is 2.88. The molecule has 0 bridgehead atoms. The van der Waals surface area contributed by atoms with E-state index in [-0.39, 0.29) is 10.7 Å². The van der Waals surface area contributed by atoms with Crippen LogP contribution in [-0.2, 0) is 7.05 Å². The fraction of sp³-hybridized carbons (Fsp3) is 0.0625. The summed E-state index contributed by atoms with van der Waals surface area (Å²) in [6.07, 6.45) is 0. The van der Waals surface area contributed by atoms with Crippen LogP contribution in [0.3, 0.4) is 0 Å². The normalized spacial score (nSPS) is 10.5. The Kier molecular flexibility index (Phi) is 4.40. The van der Waals surface area contributed by atoms with Gasteiger partial charge in [-0.25, -0.2) is 9.59 Å². The van der Waals surface area contributed by atoms with E-state index in [0.717, 1.165) is 0 Å². The van der Waals surface area contributed by atoms with Gasteiger partial charge in [0.2, 0.25) is 0 Å². The number of aromatic amines is 1. The van der Waals surface area contributed by atoms with Crippen molar-refractivity contribution in [2.45, 2.75) is 0 Å². The second kappa shape index (κ2) is 6.51. The molecule has 2 aromatic carbocycles. The van der Waals surface area contributed by atoms with Crippen LogP contribution >= 0.6 is 23.2 Å². The first-order valence-corrected chi connectivity index (χ1v) is 7.81. The Labute approximate surface area is 151 Å². The minimum Gasteiger partial charge on any atom is -0.306 e. The molecule has 7 nitrogen and oxygen atoms in total. The zero-order valence-electron chi connectivity index (χ0n) is 12.9. The predicted octanol–water partition coefficient (Wildman–Crippen LogP) is 3.69. The number of hydrogen-bond acceptors (Lipinski definition) is 3. The van der Waals surface area contributed by atoms with E-state index in [2.05, 4.69) is 15.6 Å². The molecule has 0 radical (unpaired) electrons. The summed E-state index contributed by atoms with van der Waals surface area (Å²) in [5.41, 5.74) is 1.39. The number of urea groups is 1. The summed E-state index contributed by atoms with van der Waals surface area (Å²) < 4.78 is 1.31. The van der Waals surface area contributed by atoms with Crippen LogP contribution in [0.15, 0.2) is 35.1 Å². The lowest BCUT2D eigenvalue weighted by atomic mass is 10.1. The maximum Gasteiger partial charge on any atom is 0.326 e. The molecule has 3 aromatic rings. The Hall–Kier alpha value is -2.95. The number of carbonyl (C=O) groups is 1. The molecule has 0 atom stereocenters. The molecule has 3 rings (SSSR count).